The first-order valence-electron chi connectivity index (χ1n) is 13.1. The Morgan fingerprint density at radius 1 is 1.12 bits per heavy atom. The van der Waals surface area contributed by atoms with Crippen LogP contribution in [0.15, 0.2) is 112 Å². The Balaban J connectivity index is 1.35. The molecule has 10 heteroatoms. The van der Waals surface area contributed by atoms with Crippen LogP contribution in [0.3, 0.4) is 0 Å². The Morgan fingerprint density at radius 3 is 2.62 bits per heavy atom. The van der Waals surface area contributed by atoms with Gasteiger partial charge in [0.1, 0.15) is 17.9 Å². The summed E-state index contributed by atoms with van der Waals surface area (Å²) in [4.78, 5) is 28.8. The minimum absolute atomic E-state index is 0.0231. The Bertz CT molecular complexity index is 1790. The number of furan rings is 1. The summed E-state index contributed by atoms with van der Waals surface area (Å²) in [5.74, 6) is -0.680. The number of anilines is 1. The number of hydrogen-bond acceptors (Lipinski definition) is 9. The summed E-state index contributed by atoms with van der Waals surface area (Å²) in [6.07, 6.45) is 1.64. The SMILES string of the molecule is C=CCOc1ccc(C2C(C(=O)c3cc4ccccc4o3)=C(O)C(=O)N2c2nnc(SCc3ccc(C)cc3)s2)cc1. The van der Waals surface area contributed by atoms with Crippen molar-refractivity contribution in [3.8, 4) is 5.75 Å². The summed E-state index contributed by atoms with van der Waals surface area (Å²) in [5.41, 5.74) is 3.34. The van der Waals surface area contributed by atoms with Crippen molar-refractivity contribution in [3.05, 3.63) is 125 Å². The zero-order valence-corrected chi connectivity index (χ0v) is 24.2. The largest absolute Gasteiger partial charge is 0.503 e. The molecule has 6 rings (SSSR count). The van der Waals surface area contributed by atoms with Crippen molar-refractivity contribution in [1.29, 1.82) is 0 Å². The molecule has 0 bridgehead atoms. The quantitative estimate of drug-likeness (QED) is 0.0780. The molecule has 1 unspecified atom stereocenters. The minimum Gasteiger partial charge on any atom is -0.503 e. The van der Waals surface area contributed by atoms with Crippen molar-refractivity contribution in [2.75, 3.05) is 11.5 Å². The van der Waals surface area contributed by atoms with E-state index in [2.05, 4.69) is 41.0 Å². The molecule has 0 aliphatic carbocycles. The number of aliphatic hydroxyl groups excluding tert-OH is 1. The number of hydrogen-bond donors (Lipinski definition) is 1. The van der Waals surface area contributed by atoms with Gasteiger partial charge in [-0.1, -0.05) is 95.9 Å². The molecule has 0 fully saturated rings. The maximum atomic E-state index is 13.9. The normalized spacial score (nSPS) is 15.0. The van der Waals surface area contributed by atoms with Crippen molar-refractivity contribution < 1.29 is 23.8 Å². The molecule has 1 atom stereocenters. The Hall–Kier alpha value is -4.67. The Morgan fingerprint density at radius 2 is 1.88 bits per heavy atom. The predicted octanol–water partition coefficient (Wildman–Crippen LogP) is 7.23. The molecule has 5 aromatic rings. The molecule has 210 valence electrons. The first-order chi connectivity index (χ1) is 20.4. The lowest BCUT2D eigenvalue weighted by atomic mass is 9.95. The highest BCUT2D eigenvalue weighted by molar-refractivity contribution is 8.00. The second-order valence-electron chi connectivity index (χ2n) is 9.61. The van der Waals surface area contributed by atoms with Crippen LogP contribution in [0.1, 0.15) is 33.3 Å². The number of amides is 1. The molecule has 0 saturated carbocycles. The van der Waals surface area contributed by atoms with E-state index in [9.17, 15) is 14.7 Å². The van der Waals surface area contributed by atoms with Crippen LogP contribution < -0.4 is 9.64 Å². The van der Waals surface area contributed by atoms with Gasteiger partial charge in [0.05, 0.1) is 11.6 Å². The third kappa shape index (κ3) is 5.34. The molecular formula is C32H25N3O5S2. The fraction of sp³-hybridized carbons (Fsp3) is 0.125. The zero-order valence-electron chi connectivity index (χ0n) is 22.5. The van der Waals surface area contributed by atoms with Gasteiger partial charge in [0.25, 0.3) is 5.91 Å². The van der Waals surface area contributed by atoms with E-state index in [1.807, 2.05) is 19.1 Å². The van der Waals surface area contributed by atoms with Crippen LogP contribution in [0.4, 0.5) is 5.13 Å². The predicted molar refractivity (Wildman–Crippen MR) is 163 cm³/mol. The smallest absolute Gasteiger partial charge is 0.296 e. The average Bonchev–Trinajstić information content (AvgIpc) is 3.72. The molecule has 1 N–H and O–H groups in total. The van der Waals surface area contributed by atoms with Crippen molar-refractivity contribution in [2.45, 2.75) is 23.1 Å². The van der Waals surface area contributed by atoms with E-state index >= 15 is 0 Å². The van der Waals surface area contributed by atoms with E-state index in [1.165, 1.54) is 33.6 Å². The van der Waals surface area contributed by atoms with E-state index in [0.717, 1.165) is 10.9 Å². The number of aryl methyl sites for hydroxylation is 1. The van der Waals surface area contributed by atoms with Crippen LogP contribution >= 0.6 is 23.1 Å². The number of thioether (sulfide) groups is 1. The molecule has 0 spiro atoms. The van der Waals surface area contributed by atoms with Gasteiger partial charge in [-0.25, -0.2) is 0 Å². The maximum Gasteiger partial charge on any atom is 0.296 e. The number of fused-ring (bicyclic) bond motifs is 1. The van der Waals surface area contributed by atoms with Crippen LogP contribution in [0.25, 0.3) is 11.0 Å². The number of ketones is 1. The van der Waals surface area contributed by atoms with E-state index in [4.69, 9.17) is 9.15 Å². The molecule has 0 radical (unpaired) electrons. The number of carbonyl (C=O) groups excluding carboxylic acids is 2. The summed E-state index contributed by atoms with van der Waals surface area (Å²) in [6, 6.07) is 23.1. The Labute approximate surface area is 250 Å². The number of para-hydroxylation sites is 1. The van der Waals surface area contributed by atoms with Crippen molar-refractivity contribution in [2.24, 2.45) is 0 Å². The van der Waals surface area contributed by atoms with Gasteiger partial charge in [-0.15, -0.1) is 10.2 Å². The van der Waals surface area contributed by atoms with Gasteiger partial charge in [-0.3, -0.25) is 14.5 Å². The highest BCUT2D eigenvalue weighted by atomic mass is 32.2. The molecule has 2 aromatic heterocycles. The fourth-order valence-electron chi connectivity index (χ4n) is 4.67. The highest BCUT2D eigenvalue weighted by Gasteiger charge is 2.46. The molecule has 3 heterocycles. The van der Waals surface area contributed by atoms with Gasteiger partial charge in [-0.2, -0.15) is 0 Å². The zero-order chi connectivity index (χ0) is 29.2. The number of carbonyl (C=O) groups is 2. The molecule has 1 amide bonds. The van der Waals surface area contributed by atoms with Gasteiger partial charge in [0.2, 0.25) is 10.9 Å². The van der Waals surface area contributed by atoms with Gasteiger partial charge in [-0.05, 0) is 42.3 Å². The number of rotatable bonds is 10. The van der Waals surface area contributed by atoms with Crippen LogP contribution in [-0.2, 0) is 10.5 Å². The van der Waals surface area contributed by atoms with Gasteiger partial charge in [0.15, 0.2) is 15.9 Å². The summed E-state index contributed by atoms with van der Waals surface area (Å²) < 4.78 is 12.1. The lowest BCUT2D eigenvalue weighted by Gasteiger charge is -2.24. The summed E-state index contributed by atoms with van der Waals surface area (Å²) in [6.45, 7) is 6.03. The monoisotopic (exact) mass is 595 g/mol. The number of benzene rings is 3. The standard InChI is InChI=1S/C32H25N3O5S2/c1-3-16-39-23-14-12-21(13-15-23)27-26(28(36)25-17-22-6-4-5-7-24(22)40-25)29(37)30(38)35(27)31-33-34-32(42-31)41-18-20-10-8-19(2)9-11-20/h3-15,17,27,37H,1,16,18H2,2H3. The van der Waals surface area contributed by atoms with E-state index in [0.29, 0.717) is 33.6 Å². The fourth-order valence-corrected chi connectivity index (χ4v) is 6.49. The van der Waals surface area contributed by atoms with Crippen LogP contribution in [-0.4, -0.2) is 33.6 Å². The molecule has 42 heavy (non-hydrogen) atoms. The first-order valence-corrected chi connectivity index (χ1v) is 14.9. The summed E-state index contributed by atoms with van der Waals surface area (Å²) in [7, 11) is 0. The third-order valence-electron chi connectivity index (χ3n) is 6.75. The maximum absolute atomic E-state index is 13.9. The van der Waals surface area contributed by atoms with Crippen molar-refractivity contribution in [3.63, 3.8) is 0 Å². The van der Waals surface area contributed by atoms with E-state index in [-0.39, 0.29) is 16.5 Å². The van der Waals surface area contributed by atoms with Crippen molar-refractivity contribution >= 4 is 50.9 Å². The molecule has 3 aromatic carbocycles. The van der Waals surface area contributed by atoms with E-state index < -0.39 is 23.5 Å². The van der Waals surface area contributed by atoms with Gasteiger partial charge >= 0.3 is 0 Å². The molecule has 1 aliphatic rings. The van der Waals surface area contributed by atoms with Crippen LogP contribution in [0.5, 0.6) is 5.75 Å². The molecule has 8 nitrogen and oxygen atoms in total. The second kappa shape index (κ2) is 11.7. The number of ether oxygens (including phenoxy) is 1. The summed E-state index contributed by atoms with van der Waals surface area (Å²) >= 11 is 2.72. The average molecular weight is 596 g/mol. The highest BCUT2D eigenvalue weighted by Crippen LogP contribution is 2.44. The third-order valence-corrected chi connectivity index (χ3v) is 8.88. The Kier molecular flexibility index (Phi) is 7.64. The number of nitrogens with zero attached hydrogens (tertiary/aromatic N) is 3. The van der Waals surface area contributed by atoms with Gasteiger partial charge < -0.3 is 14.3 Å². The van der Waals surface area contributed by atoms with Crippen molar-refractivity contribution in [1.82, 2.24) is 10.2 Å². The molecule has 0 saturated heterocycles. The van der Waals surface area contributed by atoms with E-state index in [1.54, 1.807) is 48.5 Å². The number of aromatic nitrogens is 2. The molecule has 1 aliphatic heterocycles. The second-order valence-corrected chi connectivity index (χ2v) is 11.8. The minimum atomic E-state index is -0.963. The lowest BCUT2D eigenvalue weighted by molar-refractivity contribution is -0.117. The first kappa shape index (κ1) is 27.5. The van der Waals surface area contributed by atoms with Crippen LogP contribution in [0.2, 0.25) is 0 Å². The topological polar surface area (TPSA) is 106 Å². The number of aliphatic hydroxyl groups is 1. The number of Topliss-reactive ketones (excluding diaryl/α,β-unsaturated/α-hetero) is 1. The lowest BCUT2D eigenvalue weighted by Crippen LogP contribution is -2.31. The summed E-state index contributed by atoms with van der Waals surface area (Å²) in [5, 5.41) is 20.7. The molecular weight excluding hydrogens is 571 g/mol. The van der Waals surface area contributed by atoms with Crippen LogP contribution in [0, 0.1) is 6.92 Å². The van der Waals surface area contributed by atoms with Gasteiger partial charge in [0, 0.05) is 11.1 Å².